The Hall–Kier alpha value is -4.74. The van der Waals surface area contributed by atoms with E-state index in [1.807, 2.05) is 54.4 Å². The second kappa shape index (κ2) is 11.2. The number of amides is 1. The van der Waals surface area contributed by atoms with Crippen molar-refractivity contribution in [3.05, 3.63) is 65.7 Å². The Morgan fingerprint density at radius 3 is 2.49 bits per heavy atom. The van der Waals surface area contributed by atoms with Gasteiger partial charge < -0.3 is 35.3 Å². The van der Waals surface area contributed by atoms with Crippen molar-refractivity contribution in [1.82, 2.24) is 24.0 Å². The molecule has 8 rings (SSSR count). The van der Waals surface area contributed by atoms with Crippen molar-refractivity contribution in [2.45, 2.75) is 56.8 Å². The normalized spacial score (nSPS) is 21.2. The van der Waals surface area contributed by atoms with E-state index in [4.69, 9.17) is 26.2 Å². The lowest BCUT2D eigenvalue weighted by atomic mass is 10.0. The van der Waals surface area contributed by atoms with E-state index in [1.54, 1.807) is 7.11 Å². The van der Waals surface area contributed by atoms with Crippen molar-refractivity contribution in [3.63, 3.8) is 0 Å². The molecule has 242 valence electrons. The molecule has 11 nitrogen and oxygen atoms in total. The molecule has 5 N–H and O–H groups in total. The maximum atomic E-state index is 13.7. The van der Waals surface area contributed by atoms with Gasteiger partial charge >= 0.3 is 5.97 Å². The van der Waals surface area contributed by atoms with E-state index >= 15 is 0 Å². The lowest BCUT2D eigenvalue weighted by molar-refractivity contribution is -0.138. The van der Waals surface area contributed by atoms with Crippen LogP contribution in [0.3, 0.4) is 0 Å². The summed E-state index contributed by atoms with van der Waals surface area (Å²) in [6, 6.07) is 16.9. The number of carbonyl (C=O) groups is 2. The number of fused-ring (bicyclic) bond motifs is 4. The number of carbonyl (C=O) groups excluding carboxylic acids is 1. The molecule has 2 aromatic carbocycles. The van der Waals surface area contributed by atoms with Gasteiger partial charge in [0, 0.05) is 48.7 Å². The first-order valence-electron chi connectivity index (χ1n) is 16.4. The van der Waals surface area contributed by atoms with Gasteiger partial charge in [0.2, 0.25) is 0 Å². The Labute approximate surface area is 272 Å². The molecule has 11 heteroatoms. The van der Waals surface area contributed by atoms with Crippen LogP contribution in [0, 0.1) is 11.8 Å². The van der Waals surface area contributed by atoms with E-state index < -0.39 is 12.0 Å². The molecule has 3 fully saturated rings. The van der Waals surface area contributed by atoms with Gasteiger partial charge in [-0.25, -0.2) is 9.97 Å². The van der Waals surface area contributed by atoms with Gasteiger partial charge in [-0.2, -0.15) is 0 Å². The number of carboxylic acids is 1. The van der Waals surface area contributed by atoms with Crippen LogP contribution in [0.15, 0.2) is 54.6 Å². The maximum absolute atomic E-state index is 13.7. The molecule has 4 heterocycles. The molecule has 2 saturated carbocycles. The fourth-order valence-electron chi connectivity index (χ4n) is 7.64. The van der Waals surface area contributed by atoms with Gasteiger partial charge in [0.1, 0.15) is 23.0 Å². The quantitative estimate of drug-likeness (QED) is 0.218. The van der Waals surface area contributed by atoms with Gasteiger partial charge in [0.25, 0.3) is 5.91 Å². The average molecular weight is 634 g/mol. The first-order valence-corrected chi connectivity index (χ1v) is 16.4. The monoisotopic (exact) mass is 633 g/mol. The van der Waals surface area contributed by atoms with E-state index in [0.717, 1.165) is 64.3 Å². The fraction of sp³-hybridized carbons (Fsp3) is 0.389. The van der Waals surface area contributed by atoms with Crippen LogP contribution in [-0.2, 0) is 24.8 Å². The number of nitrogens with zero attached hydrogens (tertiary/aromatic N) is 5. The number of methoxy groups -OCH3 is 1. The average Bonchev–Trinajstić information content (AvgIpc) is 3.48. The smallest absolute Gasteiger partial charge is 0.320 e. The summed E-state index contributed by atoms with van der Waals surface area (Å²) in [6.07, 6.45) is 4.67. The molecule has 47 heavy (non-hydrogen) atoms. The van der Waals surface area contributed by atoms with E-state index in [1.165, 1.54) is 12.8 Å². The Morgan fingerprint density at radius 2 is 1.83 bits per heavy atom. The number of benzene rings is 2. The summed E-state index contributed by atoms with van der Waals surface area (Å²) in [5.74, 6) is 1.32. The third-order valence-corrected chi connectivity index (χ3v) is 10.4. The molecule has 3 aliphatic rings. The van der Waals surface area contributed by atoms with Crippen LogP contribution in [0.25, 0.3) is 44.8 Å². The zero-order valence-corrected chi connectivity index (χ0v) is 26.6. The number of likely N-dealkylation sites (tertiary alicyclic amines) is 1. The van der Waals surface area contributed by atoms with Gasteiger partial charge in [0.15, 0.2) is 5.82 Å². The van der Waals surface area contributed by atoms with Gasteiger partial charge in [-0.3, -0.25) is 9.59 Å². The van der Waals surface area contributed by atoms with Crippen LogP contribution < -0.4 is 16.2 Å². The lowest BCUT2D eigenvalue weighted by Crippen LogP contribution is -2.41. The van der Waals surface area contributed by atoms with Crippen LogP contribution in [0.5, 0.6) is 5.75 Å². The Morgan fingerprint density at radius 1 is 1.04 bits per heavy atom. The largest absolute Gasteiger partial charge is 0.494 e. The molecule has 4 atom stereocenters. The van der Waals surface area contributed by atoms with E-state index in [2.05, 4.69) is 21.3 Å². The molecule has 5 aromatic rings. The number of rotatable bonds is 9. The standard InChI is InChI=1S/C36H39N7O4/c1-41-32-27(14-24(16-30(32)47-2)35(44)43-18-23-10-12-28(43)31(23)38)40-34(41)29-15-22-9-11-26(39-33(22)42(29)17-20-3-4-20)21-7-5-19(6-8-21)13-25(37)36(45)46/h5-9,11,14-16,20,23,25,28,31H,3-4,10,12-13,17-18,37-38H2,1-2H3,(H,45,46). The summed E-state index contributed by atoms with van der Waals surface area (Å²) in [4.78, 5) is 37.1. The van der Waals surface area contributed by atoms with Crippen molar-refractivity contribution < 1.29 is 19.4 Å². The minimum Gasteiger partial charge on any atom is -0.494 e. The fourth-order valence-corrected chi connectivity index (χ4v) is 7.64. The molecular weight excluding hydrogens is 594 g/mol. The number of hydrogen-bond donors (Lipinski definition) is 3. The van der Waals surface area contributed by atoms with Crippen LogP contribution in [0.2, 0.25) is 0 Å². The number of ether oxygens (including phenoxy) is 1. The molecule has 0 radical (unpaired) electrons. The number of carboxylic acid groups (broad SMARTS) is 1. The van der Waals surface area contributed by atoms with Crippen molar-refractivity contribution in [3.8, 4) is 28.5 Å². The number of pyridine rings is 1. The van der Waals surface area contributed by atoms with Crippen LogP contribution in [0.4, 0.5) is 0 Å². The van der Waals surface area contributed by atoms with Gasteiger partial charge in [0.05, 0.1) is 24.0 Å². The summed E-state index contributed by atoms with van der Waals surface area (Å²) in [5, 5.41) is 10.2. The lowest BCUT2D eigenvalue weighted by Gasteiger charge is -2.27. The Balaban J connectivity index is 1.18. The van der Waals surface area contributed by atoms with Crippen molar-refractivity contribution >= 4 is 33.9 Å². The molecule has 1 amide bonds. The SMILES string of the molecule is COc1cc(C(=O)N2CC3CCC2C3N)cc2nc(-c3cc4ccc(-c5ccc(CC(N)C(=O)O)cc5)nc4n3CC3CC3)n(C)c12. The predicted molar refractivity (Wildman–Crippen MR) is 179 cm³/mol. The summed E-state index contributed by atoms with van der Waals surface area (Å²) in [6.45, 7) is 1.54. The summed E-state index contributed by atoms with van der Waals surface area (Å²) in [5.41, 5.74) is 18.7. The molecular formula is C36H39N7O4. The number of nitrogens with two attached hydrogens (primary N) is 2. The number of piperidine rings is 1. The maximum Gasteiger partial charge on any atom is 0.320 e. The third kappa shape index (κ3) is 5.05. The molecule has 4 unspecified atom stereocenters. The molecule has 2 aliphatic carbocycles. The van der Waals surface area contributed by atoms with Crippen LogP contribution in [0.1, 0.15) is 41.6 Å². The van der Waals surface area contributed by atoms with Crippen molar-refractivity contribution in [2.75, 3.05) is 13.7 Å². The van der Waals surface area contributed by atoms with Gasteiger partial charge in [-0.15, -0.1) is 0 Å². The van der Waals surface area contributed by atoms with E-state index in [-0.39, 0.29) is 24.4 Å². The summed E-state index contributed by atoms with van der Waals surface area (Å²) < 4.78 is 10.2. The highest BCUT2D eigenvalue weighted by Gasteiger charge is 2.47. The first-order chi connectivity index (χ1) is 22.7. The molecule has 1 saturated heterocycles. The number of aliphatic carboxylic acids is 1. The number of imidazole rings is 1. The highest BCUT2D eigenvalue weighted by Crippen LogP contribution is 2.40. The second-order valence-corrected chi connectivity index (χ2v) is 13.5. The predicted octanol–water partition coefficient (Wildman–Crippen LogP) is 4.19. The summed E-state index contributed by atoms with van der Waals surface area (Å²) >= 11 is 0. The minimum atomic E-state index is -1.01. The molecule has 2 bridgehead atoms. The molecule has 0 spiro atoms. The van der Waals surface area contributed by atoms with Gasteiger partial charge in [-0.1, -0.05) is 24.3 Å². The highest BCUT2D eigenvalue weighted by atomic mass is 16.5. The van der Waals surface area contributed by atoms with Crippen LogP contribution >= 0.6 is 0 Å². The Kier molecular flexibility index (Phi) is 7.07. The number of hydrogen-bond acceptors (Lipinski definition) is 7. The van der Waals surface area contributed by atoms with Crippen molar-refractivity contribution in [1.29, 1.82) is 0 Å². The zero-order valence-electron chi connectivity index (χ0n) is 26.6. The third-order valence-electron chi connectivity index (χ3n) is 10.4. The number of aryl methyl sites for hydroxylation is 1. The minimum absolute atomic E-state index is 0.0163. The molecule has 3 aromatic heterocycles. The number of aromatic nitrogens is 4. The molecule has 1 aliphatic heterocycles. The van der Waals surface area contributed by atoms with Crippen molar-refractivity contribution in [2.24, 2.45) is 30.4 Å². The Bertz CT molecular complexity index is 2040. The highest BCUT2D eigenvalue weighted by molar-refractivity contribution is 6.00. The topological polar surface area (TPSA) is 155 Å². The van der Waals surface area contributed by atoms with Crippen LogP contribution in [-0.4, -0.2) is 72.8 Å². The first kappa shape index (κ1) is 29.6. The summed E-state index contributed by atoms with van der Waals surface area (Å²) in [7, 11) is 3.62. The zero-order chi connectivity index (χ0) is 32.6. The van der Waals surface area contributed by atoms with Gasteiger partial charge in [-0.05, 0) is 79.8 Å². The van der Waals surface area contributed by atoms with E-state index in [9.17, 15) is 14.7 Å². The van der Waals surface area contributed by atoms with E-state index in [0.29, 0.717) is 35.2 Å². The second-order valence-electron chi connectivity index (χ2n) is 13.5.